The van der Waals surface area contributed by atoms with E-state index in [2.05, 4.69) is 9.71 Å². The molecule has 2 N–H and O–H groups in total. The highest BCUT2D eigenvalue weighted by Gasteiger charge is 2.38. The number of nitrogens with one attached hydrogen (secondary N) is 1. The van der Waals surface area contributed by atoms with Gasteiger partial charge in [-0.25, -0.2) is 8.42 Å². The lowest BCUT2D eigenvalue weighted by Crippen LogP contribution is -2.54. The van der Waals surface area contributed by atoms with Gasteiger partial charge in [0.05, 0.1) is 5.75 Å². The number of carboxylic acid groups (broad SMARTS) is 1. The summed E-state index contributed by atoms with van der Waals surface area (Å²) in [6.45, 7) is 3.30. The number of carbonyl (C=O) groups is 1. The number of rotatable bonds is 8. The fourth-order valence-electron chi connectivity index (χ4n) is 1.87. The molecule has 0 amide bonds. The largest absolute Gasteiger partial charge is 0.480 e. The van der Waals surface area contributed by atoms with Crippen molar-refractivity contribution >= 4 is 16.0 Å². The van der Waals surface area contributed by atoms with Crippen LogP contribution >= 0.6 is 0 Å². The molecule has 0 aliphatic carbocycles. The van der Waals surface area contributed by atoms with Crippen LogP contribution in [-0.4, -0.2) is 35.8 Å². The zero-order valence-electron chi connectivity index (χ0n) is 11.7. The summed E-state index contributed by atoms with van der Waals surface area (Å²) in [5.41, 5.74) is -0.769. The molecule has 1 aromatic heterocycles. The van der Waals surface area contributed by atoms with Gasteiger partial charge in [-0.1, -0.05) is 19.9 Å². The minimum absolute atomic E-state index is 0.182. The number of aryl methyl sites for hydroxylation is 1. The van der Waals surface area contributed by atoms with Crippen molar-refractivity contribution in [2.45, 2.75) is 38.6 Å². The highest BCUT2D eigenvalue weighted by atomic mass is 32.2. The molecule has 0 saturated carbocycles. The standard InChI is InChI=1S/C13H20N2O4S/c1-3-13(4-2,12(16)17)15-20(18,19)10-8-11-7-5-6-9-14-11/h5-7,9,15H,3-4,8,10H2,1-2H3,(H,16,17). The third-order valence-electron chi connectivity index (χ3n) is 3.32. The van der Waals surface area contributed by atoms with E-state index in [4.69, 9.17) is 0 Å². The molecular weight excluding hydrogens is 280 g/mol. The van der Waals surface area contributed by atoms with Gasteiger partial charge in [0.2, 0.25) is 10.0 Å². The van der Waals surface area contributed by atoms with Gasteiger partial charge < -0.3 is 5.11 Å². The summed E-state index contributed by atoms with van der Waals surface area (Å²) in [5.74, 6) is -1.33. The molecule has 0 atom stereocenters. The van der Waals surface area contributed by atoms with E-state index in [-0.39, 0.29) is 25.0 Å². The fraction of sp³-hybridized carbons (Fsp3) is 0.538. The van der Waals surface area contributed by atoms with Crippen molar-refractivity contribution in [3.8, 4) is 0 Å². The van der Waals surface area contributed by atoms with Crippen molar-refractivity contribution in [1.82, 2.24) is 9.71 Å². The molecule has 0 saturated heterocycles. The van der Waals surface area contributed by atoms with E-state index in [0.29, 0.717) is 5.69 Å². The van der Waals surface area contributed by atoms with Crippen molar-refractivity contribution in [3.63, 3.8) is 0 Å². The monoisotopic (exact) mass is 300 g/mol. The summed E-state index contributed by atoms with van der Waals surface area (Å²) < 4.78 is 26.4. The molecule has 0 aliphatic rings. The Morgan fingerprint density at radius 3 is 2.45 bits per heavy atom. The number of nitrogens with zero attached hydrogens (tertiary/aromatic N) is 1. The lowest BCUT2D eigenvalue weighted by atomic mass is 9.95. The Bertz CT molecular complexity index is 539. The van der Waals surface area contributed by atoms with E-state index in [9.17, 15) is 18.3 Å². The predicted molar refractivity (Wildman–Crippen MR) is 75.8 cm³/mol. The fourth-order valence-corrected chi connectivity index (χ4v) is 3.43. The van der Waals surface area contributed by atoms with Crippen LogP contribution in [0.25, 0.3) is 0 Å². The SMILES string of the molecule is CCC(CC)(NS(=O)(=O)CCc1ccccn1)C(=O)O. The summed E-state index contributed by atoms with van der Waals surface area (Å²) in [4.78, 5) is 15.3. The maximum atomic E-state index is 12.0. The molecule has 0 bridgehead atoms. The van der Waals surface area contributed by atoms with Crippen LogP contribution in [0.5, 0.6) is 0 Å². The molecule has 0 aliphatic heterocycles. The minimum Gasteiger partial charge on any atom is -0.480 e. The quantitative estimate of drug-likeness (QED) is 0.751. The van der Waals surface area contributed by atoms with Gasteiger partial charge in [-0.05, 0) is 25.0 Å². The van der Waals surface area contributed by atoms with Gasteiger partial charge in [-0.3, -0.25) is 9.78 Å². The predicted octanol–water partition coefficient (Wildman–Crippen LogP) is 1.19. The normalized spacial score (nSPS) is 12.3. The Morgan fingerprint density at radius 2 is 2.00 bits per heavy atom. The van der Waals surface area contributed by atoms with Crippen LogP contribution in [0.1, 0.15) is 32.4 Å². The van der Waals surface area contributed by atoms with E-state index in [1.54, 1.807) is 38.2 Å². The Kier molecular flexibility index (Phi) is 5.64. The second-order valence-electron chi connectivity index (χ2n) is 4.59. The van der Waals surface area contributed by atoms with Crippen molar-refractivity contribution < 1.29 is 18.3 Å². The number of carboxylic acids is 1. The first-order valence-electron chi connectivity index (χ1n) is 6.50. The number of sulfonamides is 1. The van der Waals surface area contributed by atoms with E-state index in [1.165, 1.54) is 0 Å². The molecular formula is C13H20N2O4S. The van der Waals surface area contributed by atoms with Crippen molar-refractivity contribution in [3.05, 3.63) is 30.1 Å². The average Bonchev–Trinajstić information content (AvgIpc) is 2.44. The molecule has 0 fully saturated rings. The summed E-state index contributed by atoms with van der Waals surface area (Å²) in [5, 5.41) is 9.23. The average molecular weight is 300 g/mol. The molecule has 20 heavy (non-hydrogen) atoms. The van der Waals surface area contributed by atoms with Crippen molar-refractivity contribution in [2.75, 3.05) is 5.75 Å². The van der Waals surface area contributed by atoms with E-state index < -0.39 is 21.5 Å². The number of aromatic nitrogens is 1. The van der Waals surface area contributed by atoms with Gasteiger partial charge in [0.1, 0.15) is 5.54 Å². The molecule has 1 heterocycles. The third-order valence-corrected chi connectivity index (χ3v) is 4.76. The van der Waals surface area contributed by atoms with Crippen LogP contribution in [0.15, 0.2) is 24.4 Å². The molecule has 0 radical (unpaired) electrons. The van der Waals surface area contributed by atoms with Gasteiger partial charge in [-0.15, -0.1) is 0 Å². The molecule has 0 spiro atoms. The summed E-state index contributed by atoms with van der Waals surface area (Å²) in [6, 6.07) is 5.27. The topological polar surface area (TPSA) is 96.4 Å². The van der Waals surface area contributed by atoms with Crippen LogP contribution in [0, 0.1) is 0 Å². The lowest BCUT2D eigenvalue weighted by Gasteiger charge is -2.27. The van der Waals surface area contributed by atoms with Crippen LogP contribution in [0.3, 0.4) is 0 Å². The van der Waals surface area contributed by atoms with Crippen LogP contribution < -0.4 is 4.72 Å². The maximum absolute atomic E-state index is 12.0. The minimum atomic E-state index is -3.68. The zero-order chi connectivity index (χ0) is 15.2. The van der Waals surface area contributed by atoms with Crippen molar-refractivity contribution in [2.24, 2.45) is 0 Å². The number of aliphatic carboxylic acids is 1. The first-order chi connectivity index (χ1) is 9.35. The Labute approximate surface area is 119 Å². The van der Waals surface area contributed by atoms with E-state index in [0.717, 1.165) is 0 Å². The van der Waals surface area contributed by atoms with Gasteiger partial charge in [0.25, 0.3) is 0 Å². The molecule has 0 aromatic carbocycles. The van der Waals surface area contributed by atoms with Gasteiger partial charge in [0, 0.05) is 18.3 Å². The Morgan fingerprint density at radius 1 is 1.35 bits per heavy atom. The molecule has 1 aromatic rings. The van der Waals surface area contributed by atoms with E-state index >= 15 is 0 Å². The number of hydrogen-bond donors (Lipinski definition) is 2. The van der Waals surface area contributed by atoms with Crippen molar-refractivity contribution in [1.29, 1.82) is 0 Å². The van der Waals surface area contributed by atoms with E-state index in [1.807, 2.05) is 0 Å². The second-order valence-corrected chi connectivity index (χ2v) is 6.43. The van der Waals surface area contributed by atoms with Crippen LogP contribution in [-0.2, 0) is 21.2 Å². The molecule has 0 unspecified atom stereocenters. The summed E-state index contributed by atoms with van der Waals surface area (Å²) >= 11 is 0. The Balaban J connectivity index is 2.76. The van der Waals surface area contributed by atoms with Gasteiger partial charge >= 0.3 is 5.97 Å². The lowest BCUT2D eigenvalue weighted by molar-refractivity contribution is -0.144. The molecule has 112 valence electrons. The Hall–Kier alpha value is -1.47. The maximum Gasteiger partial charge on any atom is 0.324 e. The third kappa shape index (κ3) is 4.28. The van der Waals surface area contributed by atoms with Crippen LogP contribution in [0.2, 0.25) is 0 Å². The zero-order valence-corrected chi connectivity index (χ0v) is 12.5. The highest BCUT2D eigenvalue weighted by molar-refractivity contribution is 7.89. The molecule has 7 heteroatoms. The second kappa shape index (κ2) is 6.81. The van der Waals surface area contributed by atoms with Gasteiger partial charge in [-0.2, -0.15) is 4.72 Å². The molecule has 1 rings (SSSR count). The van der Waals surface area contributed by atoms with Gasteiger partial charge in [0.15, 0.2) is 0 Å². The van der Waals surface area contributed by atoms with Crippen LogP contribution in [0.4, 0.5) is 0 Å². The molecule has 6 nitrogen and oxygen atoms in total. The first kappa shape index (κ1) is 16.6. The number of hydrogen-bond acceptors (Lipinski definition) is 4. The highest BCUT2D eigenvalue weighted by Crippen LogP contribution is 2.17. The smallest absolute Gasteiger partial charge is 0.324 e. The number of pyridine rings is 1. The first-order valence-corrected chi connectivity index (χ1v) is 8.15. The summed E-state index contributed by atoms with van der Waals surface area (Å²) in [6.07, 6.45) is 2.23. The summed E-state index contributed by atoms with van der Waals surface area (Å²) in [7, 11) is -3.68.